The number of esters is 1. The second kappa shape index (κ2) is 6.46. The summed E-state index contributed by atoms with van der Waals surface area (Å²) < 4.78 is 4.76. The van der Waals surface area contributed by atoms with Gasteiger partial charge < -0.3 is 9.64 Å². The predicted molar refractivity (Wildman–Crippen MR) is 57.9 cm³/mol. The highest BCUT2D eigenvalue weighted by atomic mass is 16.5. The molecule has 3 heteroatoms. The van der Waals surface area contributed by atoms with Crippen LogP contribution in [0.4, 0.5) is 0 Å². The normalized spacial score (nSPS) is 12.0. The van der Waals surface area contributed by atoms with Crippen LogP contribution in [0.3, 0.4) is 0 Å². The van der Waals surface area contributed by atoms with Crippen molar-refractivity contribution < 1.29 is 9.53 Å². The fraction of sp³-hybridized carbons (Fsp3) is 0.727. The van der Waals surface area contributed by atoms with Gasteiger partial charge in [0, 0.05) is 12.2 Å². The standard InChI is InChI=1S/C11H21NO2/c1-6-8-12(9(3)4)10(7-2)11(13)14-5/h10H,3,6-8H2,1-2,4-5H3. The maximum absolute atomic E-state index is 11.5. The van der Waals surface area contributed by atoms with Gasteiger partial charge in [-0.05, 0) is 19.8 Å². The van der Waals surface area contributed by atoms with Gasteiger partial charge in [0.2, 0.25) is 0 Å². The number of rotatable bonds is 6. The van der Waals surface area contributed by atoms with Gasteiger partial charge in [0.25, 0.3) is 0 Å². The molecule has 0 heterocycles. The third-order valence-corrected chi connectivity index (χ3v) is 2.19. The summed E-state index contributed by atoms with van der Waals surface area (Å²) in [5, 5.41) is 0. The van der Waals surface area contributed by atoms with E-state index in [0.717, 1.165) is 25.1 Å². The highest BCUT2D eigenvalue weighted by Crippen LogP contribution is 2.12. The van der Waals surface area contributed by atoms with Gasteiger partial charge in [-0.3, -0.25) is 0 Å². The molecular formula is C11H21NO2. The minimum atomic E-state index is -0.183. The van der Waals surface area contributed by atoms with Crippen LogP contribution >= 0.6 is 0 Å². The summed E-state index contributed by atoms with van der Waals surface area (Å²) in [7, 11) is 1.42. The summed E-state index contributed by atoms with van der Waals surface area (Å²) in [4.78, 5) is 13.5. The van der Waals surface area contributed by atoms with E-state index in [1.54, 1.807) is 0 Å². The van der Waals surface area contributed by atoms with Crippen molar-refractivity contribution in [3.05, 3.63) is 12.3 Å². The van der Waals surface area contributed by atoms with Crippen LogP contribution in [0.2, 0.25) is 0 Å². The summed E-state index contributed by atoms with van der Waals surface area (Å²) in [5.74, 6) is -0.177. The minimum Gasteiger partial charge on any atom is -0.467 e. The van der Waals surface area contributed by atoms with Crippen LogP contribution in [-0.4, -0.2) is 30.6 Å². The lowest BCUT2D eigenvalue weighted by Crippen LogP contribution is -2.40. The van der Waals surface area contributed by atoms with Gasteiger partial charge in [0.1, 0.15) is 6.04 Å². The quantitative estimate of drug-likeness (QED) is 0.614. The number of hydrogen-bond donors (Lipinski definition) is 0. The number of ether oxygens (including phenoxy) is 1. The molecule has 3 nitrogen and oxygen atoms in total. The van der Waals surface area contributed by atoms with Crippen molar-refractivity contribution in [2.24, 2.45) is 0 Å². The summed E-state index contributed by atoms with van der Waals surface area (Å²) in [6.45, 7) is 10.7. The van der Waals surface area contributed by atoms with E-state index >= 15 is 0 Å². The smallest absolute Gasteiger partial charge is 0.328 e. The average molecular weight is 199 g/mol. The zero-order valence-corrected chi connectivity index (χ0v) is 9.67. The number of allylic oxidation sites excluding steroid dienone is 1. The van der Waals surface area contributed by atoms with E-state index in [2.05, 4.69) is 13.5 Å². The van der Waals surface area contributed by atoms with Gasteiger partial charge in [0.15, 0.2) is 0 Å². The first-order valence-electron chi connectivity index (χ1n) is 5.08. The number of methoxy groups -OCH3 is 1. The summed E-state index contributed by atoms with van der Waals surface area (Å²) >= 11 is 0. The van der Waals surface area contributed by atoms with Crippen LogP contribution in [0.25, 0.3) is 0 Å². The highest BCUT2D eigenvalue weighted by molar-refractivity contribution is 5.75. The molecule has 0 spiro atoms. The lowest BCUT2D eigenvalue weighted by atomic mass is 10.1. The number of carbonyl (C=O) groups excluding carboxylic acids is 1. The molecule has 0 aromatic heterocycles. The van der Waals surface area contributed by atoms with E-state index in [0.29, 0.717) is 0 Å². The maximum Gasteiger partial charge on any atom is 0.328 e. The largest absolute Gasteiger partial charge is 0.467 e. The topological polar surface area (TPSA) is 29.5 Å². The molecule has 0 N–H and O–H groups in total. The number of hydrogen-bond acceptors (Lipinski definition) is 3. The molecule has 0 bridgehead atoms. The van der Waals surface area contributed by atoms with Crippen LogP contribution in [-0.2, 0) is 9.53 Å². The van der Waals surface area contributed by atoms with Crippen LogP contribution in [0.5, 0.6) is 0 Å². The Morgan fingerprint density at radius 1 is 1.50 bits per heavy atom. The Kier molecular flexibility index (Phi) is 6.00. The van der Waals surface area contributed by atoms with Crippen LogP contribution < -0.4 is 0 Å². The molecule has 0 radical (unpaired) electrons. The van der Waals surface area contributed by atoms with Crippen molar-refractivity contribution in [2.75, 3.05) is 13.7 Å². The lowest BCUT2D eigenvalue weighted by Gasteiger charge is -2.30. The molecule has 1 unspecified atom stereocenters. The Hall–Kier alpha value is -0.990. The van der Waals surface area contributed by atoms with Crippen LogP contribution in [0.1, 0.15) is 33.6 Å². The van der Waals surface area contributed by atoms with Crippen molar-refractivity contribution in [3.8, 4) is 0 Å². The van der Waals surface area contributed by atoms with E-state index in [-0.39, 0.29) is 12.0 Å². The molecule has 0 fully saturated rings. The SMILES string of the molecule is C=C(C)N(CCC)C(CC)C(=O)OC. The van der Waals surface area contributed by atoms with E-state index in [1.165, 1.54) is 7.11 Å². The zero-order chi connectivity index (χ0) is 11.1. The minimum absolute atomic E-state index is 0.177. The molecule has 0 rings (SSSR count). The van der Waals surface area contributed by atoms with E-state index in [4.69, 9.17) is 4.74 Å². The maximum atomic E-state index is 11.5. The Balaban J connectivity index is 4.57. The molecule has 0 aliphatic heterocycles. The summed E-state index contributed by atoms with van der Waals surface area (Å²) in [5.41, 5.74) is 0.920. The summed E-state index contributed by atoms with van der Waals surface area (Å²) in [6.07, 6.45) is 1.75. The Bertz CT molecular complexity index is 201. The molecule has 0 aliphatic carbocycles. The zero-order valence-electron chi connectivity index (χ0n) is 9.67. The van der Waals surface area contributed by atoms with Crippen molar-refractivity contribution >= 4 is 5.97 Å². The van der Waals surface area contributed by atoms with Crippen LogP contribution in [0, 0.1) is 0 Å². The van der Waals surface area contributed by atoms with Gasteiger partial charge in [-0.2, -0.15) is 0 Å². The highest BCUT2D eigenvalue weighted by Gasteiger charge is 2.23. The van der Waals surface area contributed by atoms with Crippen molar-refractivity contribution in [1.29, 1.82) is 0 Å². The molecular weight excluding hydrogens is 178 g/mol. The van der Waals surface area contributed by atoms with Crippen molar-refractivity contribution in [2.45, 2.75) is 39.7 Å². The predicted octanol–water partition coefficient (Wildman–Crippen LogP) is 2.18. The van der Waals surface area contributed by atoms with Crippen molar-refractivity contribution in [1.82, 2.24) is 4.90 Å². The van der Waals surface area contributed by atoms with Gasteiger partial charge >= 0.3 is 5.97 Å². The van der Waals surface area contributed by atoms with E-state index in [9.17, 15) is 4.79 Å². The molecule has 0 aromatic carbocycles. The van der Waals surface area contributed by atoms with Gasteiger partial charge in [0.05, 0.1) is 7.11 Å². The second-order valence-corrected chi connectivity index (χ2v) is 3.38. The monoisotopic (exact) mass is 199 g/mol. The summed E-state index contributed by atoms with van der Waals surface area (Å²) in [6, 6.07) is -0.183. The first-order chi connectivity index (χ1) is 6.58. The Labute approximate surface area is 86.7 Å². The Morgan fingerprint density at radius 3 is 2.36 bits per heavy atom. The van der Waals surface area contributed by atoms with Gasteiger partial charge in [-0.25, -0.2) is 4.79 Å². The van der Waals surface area contributed by atoms with Crippen molar-refractivity contribution in [3.63, 3.8) is 0 Å². The van der Waals surface area contributed by atoms with Gasteiger partial charge in [-0.15, -0.1) is 0 Å². The lowest BCUT2D eigenvalue weighted by molar-refractivity contribution is -0.146. The molecule has 0 aromatic rings. The molecule has 0 saturated carbocycles. The fourth-order valence-corrected chi connectivity index (χ4v) is 1.50. The van der Waals surface area contributed by atoms with E-state index in [1.807, 2.05) is 18.7 Å². The molecule has 82 valence electrons. The molecule has 0 aliphatic rings. The third kappa shape index (κ3) is 3.40. The molecule has 14 heavy (non-hydrogen) atoms. The van der Waals surface area contributed by atoms with Gasteiger partial charge in [-0.1, -0.05) is 20.4 Å². The van der Waals surface area contributed by atoms with Crippen LogP contribution in [0.15, 0.2) is 12.3 Å². The first-order valence-corrected chi connectivity index (χ1v) is 5.08. The molecule has 1 atom stereocenters. The molecule has 0 amide bonds. The Morgan fingerprint density at radius 2 is 2.07 bits per heavy atom. The fourth-order valence-electron chi connectivity index (χ4n) is 1.50. The number of carbonyl (C=O) groups is 1. The third-order valence-electron chi connectivity index (χ3n) is 2.19. The average Bonchev–Trinajstić information content (AvgIpc) is 2.16. The molecule has 0 saturated heterocycles. The van der Waals surface area contributed by atoms with E-state index < -0.39 is 0 Å². The number of nitrogens with zero attached hydrogens (tertiary/aromatic N) is 1. The second-order valence-electron chi connectivity index (χ2n) is 3.38. The first kappa shape index (κ1) is 13.0.